The predicted octanol–water partition coefficient (Wildman–Crippen LogP) is 1.22. The number of carbonyl (C=O) groups excluding carboxylic acids is 1. The van der Waals surface area contributed by atoms with Gasteiger partial charge in [-0.15, -0.1) is 0 Å². The first kappa shape index (κ1) is 14.6. The number of amides is 1. The van der Waals surface area contributed by atoms with E-state index in [0.717, 1.165) is 16.9 Å². The van der Waals surface area contributed by atoms with Gasteiger partial charge in [-0.2, -0.15) is 10.2 Å². The standard InChI is InChI=1S/C17H17N5O2/c23-9-8-22-16-12-20(11-13(16)10-19-22)17(24)14-4-1-2-5-15(14)21-7-3-6-18-21/h1-7,10,23H,8-9,11-12H2. The molecule has 0 bridgehead atoms. The molecule has 0 aliphatic carbocycles. The van der Waals surface area contributed by atoms with E-state index in [9.17, 15) is 4.79 Å². The third kappa shape index (κ3) is 2.39. The SMILES string of the molecule is O=C(c1ccccc1-n1cccn1)N1Cc2cnn(CCO)c2C1. The summed E-state index contributed by atoms with van der Waals surface area (Å²) in [5.74, 6) is -0.0344. The molecule has 1 aromatic carbocycles. The highest BCUT2D eigenvalue weighted by atomic mass is 16.3. The average molecular weight is 323 g/mol. The summed E-state index contributed by atoms with van der Waals surface area (Å²) < 4.78 is 3.46. The van der Waals surface area contributed by atoms with E-state index in [-0.39, 0.29) is 12.5 Å². The van der Waals surface area contributed by atoms with Gasteiger partial charge in [-0.3, -0.25) is 9.48 Å². The normalized spacial score (nSPS) is 13.3. The molecule has 122 valence electrons. The summed E-state index contributed by atoms with van der Waals surface area (Å²) in [7, 11) is 0. The van der Waals surface area contributed by atoms with Gasteiger partial charge in [0, 0.05) is 24.5 Å². The first-order valence-corrected chi connectivity index (χ1v) is 7.80. The van der Waals surface area contributed by atoms with E-state index >= 15 is 0 Å². The molecule has 1 amide bonds. The Hall–Kier alpha value is -2.93. The Kier molecular flexibility index (Phi) is 3.62. The van der Waals surface area contributed by atoms with Crippen molar-refractivity contribution in [2.75, 3.05) is 6.61 Å². The number of carbonyl (C=O) groups is 1. The maximum Gasteiger partial charge on any atom is 0.256 e. The largest absolute Gasteiger partial charge is 0.394 e. The van der Waals surface area contributed by atoms with Gasteiger partial charge in [0.25, 0.3) is 5.91 Å². The second kappa shape index (κ2) is 5.93. The maximum atomic E-state index is 13.0. The average Bonchev–Trinajstić information content (AvgIpc) is 3.33. The van der Waals surface area contributed by atoms with Gasteiger partial charge >= 0.3 is 0 Å². The molecule has 4 rings (SSSR count). The lowest BCUT2D eigenvalue weighted by Gasteiger charge is -2.18. The Bertz CT molecular complexity index is 869. The van der Waals surface area contributed by atoms with E-state index in [1.165, 1.54) is 0 Å². The minimum absolute atomic E-state index is 0.0319. The van der Waals surface area contributed by atoms with E-state index < -0.39 is 0 Å². The summed E-state index contributed by atoms with van der Waals surface area (Å²) in [5.41, 5.74) is 3.41. The van der Waals surface area contributed by atoms with Crippen LogP contribution in [0.1, 0.15) is 21.6 Å². The molecule has 3 aromatic rings. The van der Waals surface area contributed by atoms with Crippen molar-refractivity contribution in [2.24, 2.45) is 0 Å². The number of nitrogens with zero attached hydrogens (tertiary/aromatic N) is 5. The fraction of sp³-hybridized carbons (Fsp3) is 0.235. The second-order valence-electron chi connectivity index (χ2n) is 5.69. The van der Waals surface area contributed by atoms with E-state index in [4.69, 9.17) is 5.11 Å². The maximum absolute atomic E-state index is 13.0. The summed E-state index contributed by atoms with van der Waals surface area (Å²) in [6.45, 7) is 1.51. The molecule has 2 aromatic heterocycles. The minimum atomic E-state index is -0.0344. The van der Waals surface area contributed by atoms with Gasteiger partial charge in [0.1, 0.15) is 0 Å². The van der Waals surface area contributed by atoms with Gasteiger partial charge in [0.15, 0.2) is 0 Å². The van der Waals surface area contributed by atoms with Crippen molar-refractivity contribution in [2.45, 2.75) is 19.6 Å². The zero-order valence-corrected chi connectivity index (χ0v) is 13.0. The van der Waals surface area contributed by atoms with Crippen LogP contribution in [0.5, 0.6) is 0 Å². The summed E-state index contributed by atoms with van der Waals surface area (Å²) in [6.07, 6.45) is 5.29. The third-order valence-corrected chi connectivity index (χ3v) is 4.22. The van der Waals surface area contributed by atoms with Crippen LogP contribution in [0, 0.1) is 0 Å². The van der Waals surface area contributed by atoms with Crippen LogP contribution in [0.15, 0.2) is 48.9 Å². The molecule has 0 fully saturated rings. The Labute approximate surface area is 138 Å². The van der Waals surface area contributed by atoms with E-state index in [1.54, 1.807) is 26.7 Å². The zero-order chi connectivity index (χ0) is 16.5. The number of aromatic nitrogens is 4. The third-order valence-electron chi connectivity index (χ3n) is 4.22. The number of para-hydroxylation sites is 1. The molecule has 0 atom stereocenters. The number of aliphatic hydroxyl groups excluding tert-OH is 1. The van der Waals surface area contributed by atoms with Crippen LogP contribution < -0.4 is 0 Å². The Morgan fingerprint density at radius 2 is 2.04 bits per heavy atom. The molecular weight excluding hydrogens is 306 g/mol. The van der Waals surface area contributed by atoms with Gasteiger partial charge in [0.05, 0.1) is 42.8 Å². The van der Waals surface area contributed by atoms with Crippen LogP contribution in [-0.2, 0) is 19.6 Å². The van der Waals surface area contributed by atoms with E-state index in [1.807, 2.05) is 36.5 Å². The van der Waals surface area contributed by atoms with E-state index in [0.29, 0.717) is 25.2 Å². The molecule has 7 nitrogen and oxygen atoms in total. The monoisotopic (exact) mass is 323 g/mol. The highest BCUT2D eigenvalue weighted by Crippen LogP contribution is 2.25. The van der Waals surface area contributed by atoms with Gasteiger partial charge in [-0.25, -0.2) is 4.68 Å². The number of hydrogen-bond acceptors (Lipinski definition) is 4. The fourth-order valence-electron chi connectivity index (χ4n) is 3.07. The van der Waals surface area contributed by atoms with Crippen LogP contribution in [0.2, 0.25) is 0 Å². The van der Waals surface area contributed by atoms with Gasteiger partial charge < -0.3 is 10.0 Å². The molecule has 0 saturated heterocycles. The van der Waals surface area contributed by atoms with Crippen molar-refractivity contribution in [1.82, 2.24) is 24.5 Å². The van der Waals surface area contributed by atoms with Crippen LogP contribution in [0.25, 0.3) is 5.69 Å². The molecule has 3 heterocycles. The Morgan fingerprint density at radius 3 is 2.83 bits per heavy atom. The zero-order valence-electron chi connectivity index (χ0n) is 13.0. The number of aliphatic hydroxyl groups is 1. The topological polar surface area (TPSA) is 76.2 Å². The lowest BCUT2D eigenvalue weighted by Crippen LogP contribution is -2.27. The van der Waals surface area contributed by atoms with Crippen molar-refractivity contribution in [3.63, 3.8) is 0 Å². The molecule has 0 unspecified atom stereocenters. The smallest absolute Gasteiger partial charge is 0.256 e. The first-order valence-electron chi connectivity index (χ1n) is 7.80. The van der Waals surface area contributed by atoms with Crippen molar-refractivity contribution in [3.8, 4) is 5.69 Å². The summed E-state index contributed by atoms with van der Waals surface area (Å²) in [4.78, 5) is 14.8. The number of rotatable bonds is 4. The molecule has 0 radical (unpaired) electrons. The Balaban J connectivity index is 1.62. The van der Waals surface area contributed by atoms with Gasteiger partial charge in [-0.1, -0.05) is 12.1 Å². The molecule has 7 heteroatoms. The quantitative estimate of drug-likeness (QED) is 0.783. The van der Waals surface area contributed by atoms with Crippen molar-refractivity contribution < 1.29 is 9.90 Å². The first-order chi connectivity index (χ1) is 11.8. The summed E-state index contributed by atoms with van der Waals surface area (Å²) >= 11 is 0. The molecule has 24 heavy (non-hydrogen) atoms. The second-order valence-corrected chi connectivity index (χ2v) is 5.69. The highest BCUT2D eigenvalue weighted by molar-refractivity contribution is 5.98. The molecule has 1 aliphatic rings. The lowest BCUT2D eigenvalue weighted by molar-refractivity contribution is 0.0747. The molecule has 1 N–H and O–H groups in total. The van der Waals surface area contributed by atoms with Gasteiger partial charge in [-0.05, 0) is 18.2 Å². The van der Waals surface area contributed by atoms with Crippen LogP contribution >= 0.6 is 0 Å². The number of benzene rings is 1. The van der Waals surface area contributed by atoms with Gasteiger partial charge in [0.2, 0.25) is 0 Å². The molecule has 0 spiro atoms. The number of hydrogen-bond donors (Lipinski definition) is 1. The fourth-order valence-corrected chi connectivity index (χ4v) is 3.07. The molecular formula is C17H17N5O2. The van der Waals surface area contributed by atoms with Crippen molar-refractivity contribution in [1.29, 1.82) is 0 Å². The predicted molar refractivity (Wildman–Crippen MR) is 86.5 cm³/mol. The van der Waals surface area contributed by atoms with Crippen LogP contribution in [-0.4, -0.2) is 42.1 Å². The Morgan fingerprint density at radius 1 is 1.17 bits per heavy atom. The molecule has 1 aliphatic heterocycles. The van der Waals surface area contributed by atoms with Crippen LogP contribution in [0.4, 0.5) is 0 Å². The lowest BCUT2D eigenvalue weighted by atomic mass is 10.1. The minimum Gasteiger partial charge on any atom is -0.394 e. The van der Waals surface area contributed by atoms with Crippen molar-refractivity contribution in [3.05, 3.63) is 65.7 Å². The summed E-state index contributed by atoms with van der Waals surface area (Å²) in [5, 5.41) is 17.6. The van der Waals surface area contributed by atoms with Crippen molar-refractivity contribution >= 4 is 5.91 Å². The van der Waals surface area contributed by atoms with Crippen LogP contribution in [0.3, 0.4) is 0 Å². The summed E-state index contributed by atoms with van der Waals surface area (Å²) in [6, 6.07) is 9.29. The molecule has 0 saturated carbocycles. The highest BCUT2D eigenvalue weighted by Gasteiger charge is 2.29. The van der Waals surface area contributed by atoms with E-state index in [2.05, 4.69) is 10.2 Å². The number of fused-ring (bicyclic) bond motifs is 1.